The molecule has 1 amide bonds. The lowest BCUT2D eigenvalue weighted by Crippen LogP contribution is -2.47. The fourth-order valence-electron chi connectivity index (χ4n) is 4.90. The third kappa shape index (κ3) is 6.45. The van der Waals surface area contributed by atoms with Gasteiger partial charge in [0.1, 0.15) is 17.5 Å². The first-order chi connectivity index (χ1) is 17.5. The number of nitrogens with zero attached hydrogens (tertiary/aromatic N) is 3. The fourth-order valence-corrected chi connectivity index (χ4v) is 6.28. The monoisotopic (exact) mass is 534 g/mol. The number of hydrogen-bond donors (Lipinski definition) is 2. The number of aryl methyl sites for hydroxylation is 2. The van der Waals surface area contributed by atoms with E-state index < -0.39 is 10.0 Å². The van der Waals surface area contributed by atoms with Crippen molar-refractivity contribution in [2.75, 3.05) is 38.0 Å². The molecule has 1 aliphatic heterocycles. The molecule has 2 aliphatic rings. The number of ether oxygens (including phenoxy) is 1. The molecule has 2 aromatic rings. The van der Waals surface area contributed by atoms with Crippen LogP contribution in [-0.4, -0.2) is 79.8 Å². The maximum Gasteiger partial charge on any atom is 0.267 e. The second-order valence-electron chi connectivity index (χ2n) is 10.6. The van der Waals surface area contributed by atoms with E-state index in [1.807, 2.05) is 6.92 Å². The Balaban J connectivity index is 1.65. The number of fused-ring (bicyclic) bond motifs is 1. The van der Waals surface area contributed by atoms with Crippen molar-refractivity contribution in [2.45, 2.75) is 64.0 Å². The summed E-state index contributed by atoms with van der Waals surface area (Å²) in [5, 5.41) is 13.6. The van der Waals surface area contributed by atoms with E-state index in [0.29, 0.717) is 30.1 Å². The molecule has 1 aliphatic carbocycles. The van der Waals surface area contributed by atoms with Crippen LogP contribution in [-0.2, 0) is 21.2 Å². The van der Waals surface area contributed by atoms with E-state index in [-0.39, 0.29) is 53.3 Å². The molecule has 3 atom stereocenters. The standard InChI is InChI=1S/C26H38N4O6S/c1-16-12-30(17(2)15-31)25(32)11-21-10-22(28-37(33,34)26-18(3)27-36-19(26)4)8-9-23(21)35-24(16)14-29(5)13-20-6-7-20/h8-10,16-17,20,24,28,31H,6-7,11-15H2,1-5H3/t16-,17+,24-/m1/s1. The van der Waals surface area contributed by atoms with Crippen LogP contribution >= 0.6 is 0 Å². The summed E-state index contributed by atoms with van der Waals surface area (Å²) in [6.45, 7) is 9.04. The number of anilines is 1. The Bertz CT molecular complexity index is 1210. The SMILES string of the molecule is Cc1noc(C)c1S(=O)(=O)Nc1ccc2c(c1)CC(=O)N([C@@H](C)CO)C[C@@H](C)[C@@H](CN(C)CC1CC1)O2. The predicted octanol–water partition coefficient (Wildman–Crippen LogP) is 2.58. The van der Waals surface area contributed by atoms with Gasteiger partial charge in [-0.1, -0.05) is 12.1 Å². The fraction of sp³-hybridized carbons (Fsp3) is 0.615. The van der Waals surface area contributed by atoms with Gasteiger partial charge in [-0.25, -0.2) is 8.42 Å². The van der Waals surface area contributed by atoms with Gasteiger partial charge in [-0.05, 0) is 64.8 Å². The Kier molecular flexibility index (Phi) is 8.15. The van der Waals surface area contributed by atoms with Crippen LogP contribution in [0.1, 0.15) is 43.7 Å². The summed E-state index contributed by atoms with van der Waals surface area (Å²) in [7, 11) is -1.86. The lowest BCUT2D eigenvalue weighted by Gasteiger charge is -2.34. The van der Waals surface area contributed by atoms with Crippen LogP contribution < -0.4 is 9.46 Å². The van der Waals surface area contributed by atoms with Gasteiger partial charge in [0.05, 0.1) is 19.1 Å². The Labute approximate surface area is 219 Å². The van der Waals surface area contributed by atoms with Crippen molar-refractivity contribution in [1.29, 1.82) is 0 Å². The molecule has 204 valence electrons. The molecule has 1 aromatic heterocycles. The zero-order chi connectivity index (χ0) is 26.9. The summed E-state index contributed by atoms with van der Waals surface area (Å²) in [6, 6.07) is 4.66. The molecule has 10 nitrogen and oxygen atoms in total. The van der Waals surface area contributed by atoms with Crippen molar-refractivity contribution < 1.29 is 27.6 Å². The Morgan fingerprint density at radius 3 is 2.62 bits per heavy atom. The van der Waals surface area contributed by atoms with Gasteiger partial charge >= 0.3 is 0 Å². The number of aliphatic hydroxyl groups excluding tert-OH is 1. The zero-order valence-corrected chi connectivity index (χ0v) is 23.0. The number of aromatic nitrogens is 1. The van der Waals surface area contributed by atoms with Gasteiger partial charge in [0, 0.05) is 36.8 Å². The molecule has 0 radical (unpaired) electrons. The average molecular weight is 535 g/mol. The van der Waals surface area contributed by atoms with Gasteiger partial charge < -0.3 is 24.2 Å². The van der Waals surface area contributed by atoms with Gasteiger partial charge in [-0.2, -0.15) is 0 Å². The van der Waals surface area contributed by atoms with Crippen LogP contribution in [0.15, 0.2) is 27.6 Å². The molecule has 0 bridgehead atoms. The second-order valence-corrected chi connectivity index (χ2v) is 12.3. The lowest BCUT2D eigenvalue weighted by molar-refractivity contribution is -0.134. The maximum absolute atomic E-state index is 13.4. The number of amides is 1. The predicted molar refractivity (Wildman–Crippen MR) is 139 cm³/mol. The van der Waals surface area contributed by atoms with Gasteiger partial charge in [0.15, 0.2) is 10.7 Å². The van der Waals surface area contributed by atoms with Crippen LogP contribution in [0.2, 0.25) is 0 Å². The number of likely N-dealkylation sites (N-methyl/N-ethyl adjacent to an activating group) is 1. The first-order valence-corrected chi connectivity index (χ1v) is 14.3. The number of rotatable bonds is 9. The van der Waals surface area contributed by atoms with Gasteiger partial charge in [0.25, 0.3) is 10.0 Å². The van der Waals surface area contributed by atoms with E-state index >= 15 is 0 Å². The number of carbonyl (C=O) groups excluding carboxylic acids is 1. The summed E-state index contributed by atoms with van der Waals surface area (Å²) in [4.78, 5) is 17.4. The minimum atomic E-state index is -3.95. The molecule has 1 saturated carbocycles. The van der Waals surface area contributed by atoms with E-state index in [4.69, 9.17) is 9.26 Å². The highest BCUT2D eigenvalue weighted by atomic mass is 32.2. The van der Waals surface area contributed by atoms with Crippen LogP contribution in [0.3, 0.4) is 0 Å². The van der Waals surface area contributed by atoms with Crippen LogP contribution in [0.25, 0.3) is 0 Å². The van der Waals surface area contributed by atoms with E-state index in [1.165, 1.54) is 12.8 Å². The smallest absolute Gasteiger partial charge is 0.267 e. The van der Waals surface area contributed by atoms with E-state index in [0.717, 1.165) is 12.5 Å². The van der Waals surface area contributed by atoms with Crippen molar-refractivity contribution >= 4 is 21.6 Å². The highest BCUT2D eigenvalue weighted by molar-refractivity contribution is 7.92. The highest BCUT2D eigenvalue weighted by Gasteiger charge is 2.32. The third-order valence-corrected chi connectivity index (χ3v) is 8.79. The molecule has 11 heteroatoms. The summed E-state index contributed by atoms with van der Waals surface area (Å²) >= 11 is 0. The van der Waals surface area contributed by atoms with E-state index in [9.17, 15) is 18.3 Å². The van der Waals surface area contributed by atoms with Gasteiger partial charge in [0.2, 0.25) is 5.91 Å². The summed E-state index contributed by atoms with van der Waals surface area (Å²) in [5.74, 6) is 1.37. The quantitative estimate of drug-likeness (QED) is 0.503. The first-order valence-electron chi connectivity index (χ1n) is 12.8. The number of benzene rings is 1. The molecule has 2 heterocycles. The van der Waals surface area contributed by atoms with Crippen LogP contribution in [0.5, 0.6) is 5.75 Å². The number of nitrogens with one attached hydrogen (secondary N) is 1. The summed E-state index contributed by atoms with van der Waals surface area (Å²) < 4.78 is 40.2. The third-order valence-electron chi connectivity index (χ3n) is 7.16. The molecular formula is C26H38N4O6S. The molecule has 2 N–H and O–H groups in total. The van der Waals surface area contributed by atoms with Crippen molar-refractivity contribution in [1.82, 2.24) is 15.0 Å². The van der Waals surface area contributed by atoms with Gasteiger partial charge in [-0.3, -0.25) is 9.52 Å². The Morgan fingerprint density at radius 2 is 2.00 bits per heavy atom. The number of aliphatic hydroxyl groups is 1. The molecule has 0 spiro atoms. The molecule has 0 unspecified atom stereocenters. The van der Waals surface area contributed by atoms with Crippen molar-refractivity contribution in [3.63, 3.8) is 0 Å². The second kappa shape index (κ2) is 11.0. The Hall–Kier alpha value is -2.63. The van der Waals surface area contributed by atoms with Gasteiger partial charge in [-0.15, -0.1) is 0 Å². The lowest BCUT2D eigenvalue weighted by atomic mass is 10.0. The van der Waals surface area contributed by atoms with E-state index in [2.05, 4.69) is 28.8 Å². The largest absolute Gasteiger partial charge is 0.488 e. The number of carbonyl (C=O) groups is 1. The highest BCUT2D eigenvalue weighted by Crippen LogP contribution is 2.32. The van der Waals surface area contributed by atoms with Crippen molar-refractivity contribution in [3.05, 3.63) is 35.2 Å². The Morgan fingerprint density at radius 1 is 1.27 bits per heavy atom. The molecular weight excluding hydrogens is 496 g/mol. The number of sulfonamides is 1. The molecule has 1 aromatic carbocycles. The minimum absolute atomic E-state index is 0.00102. The summed E-state index contributed by atoms with van der Waals surface area (Å²) in [5.41, 5.74) is 1.17. The van der Waals surface area contributed by atoms with Crippen LogP contribution in [0.4, 0.5) is 5.69 Å². The minimum Gasteiger partial charge on any atom is -0.488 e. The first kappa shape index (κ1) is 27.4. The number of hydrogen-bond acceptors (Lipinski definition) is 8. The van der Waals surface area contributed by atoms with Crippen LogP contribution in [0, 0.1) is 25.7 Å². The maximum atomic E-state index is 13.4. The van der Waals surface area contributed by atoms with Crippen molar-refractivity contribution in [3.8, 4) is 5.75 Å². The molecule has 4 rings (SSSR count). The molecule has 37 heavy (non-hydrogen) atoms. The summed E-state index contributed by atoms with van der Waals surface area (Å²) in [6.07, 6.45) is 2.36. The molecule has 1 fully saturated rings. The van der Waals surface area contributed by atoms with Crippen molar-refractivity contribution in [2.24, 2.45) is 11.8 Å². The normalized spacial score (nSPS) is 21.6. The van der Waals surface area contributed by atoms with E-state index in [1.54, 1.807) is 36.9 Å². The average Bonchev–Trinajstić information content (AvgIpc) is 3.56. The molecule has 0 saturated heterocycles. The topological polar surface area (TPSA) is 125 Å². The zero-order valence-electron chi connectivity index (χ0n) is 22.2.